The number of aromatic nitrogens is 2. The molecule has 1 aromatic carbocycles. The fraction of sp³-hybridized carbons (Fsp3) is 0.526. The van der Waals surface area contributed by atoms with Crippen molar-refractivity contribution >= 4 is 11.6 Å². The van der Waals surface area contributed by atoms with Gasteiger partial charge in [-0.05, 0) is 56.1 Å². The zero-order valence-corrected chi connectivity index (χ0v) is 15.3. The second-order valence-corrected chi connectivity index (χ2v) is 7.15. The van der Waals surface area contributed by atoms with E-state index in [1.807, 2.05) is 36.3 Å². The van der Waals surface area contributed by atoms with Crippen LogP contribution in [-0.4, -0.2) is 40.9 Å². The molecule has 1 aromatic heterocycles. The number of piperidine rings is 1. The topological polar surface area (TPSA) is 30.3 Å². The molecule has 1 atom stereocenters. The standard InChI is InChI=1S/C19H26ClN3O/c1-22-9-4-3-5-18(22)8-10-24-19-12-17(20)7-6-16(19)11-15-13-21-23(2)14-15/h6-7,12-14,18H,3-5,8-11H2,1-2H3. The van der Waals surface area contributed by atoms with Crippen molar-refractivity contribution in [2.24, 2.45) is 7.05 Å². The molecule has 0 bridgehead atoms. The minimum atomic E-state index is 0.639. The number of rotatable bonds is 6. The summed E-state index contributed by atoms with van der Waals surface area (Å²) in [6.45, 7) is 1.93. The van der Waals surface area contributed by atoms with E-state index in [-0.39, 0.29) is 0 Å². The molecule has 2 aromatic rings. The molecule has 1 saturated heterocycles. The molecule has 0 amide bonds. The molecular formula is C19H26ClN3O. The number of benzene rings is 1. The Hall–Kier alpha value is -1.52. The van der Waals surface area contributed by atoms with Gasteiger partial charge in [-0.25, -0.2) is 0 Å². The summed E-state index contributed by atoms with van der Waals surface area (Å²) in [5.74, 6) is 0.893. The van der Waals surface area contributed by atoms with Gasteiger partial charge in [0, 0.05) is 30.7 Å². The molecule has 0 radical (unpaired) electrons. The molecule has 24 heavy (non-hydrogen) atoms. The van der Waals surface area contributed by atoms with Gasteiger partial charge < -0.3 is 9.64 Å². The van der Waals surface area contributed by atoms with Crippen LogP contribution in [0.25, 0.3) is 0 Å². The van der Waals surface area contributed by atoms with E-state index in [4.69, 9.17) is 16.3 Å². The highest BCUT2D eigenvalue weighted by atomic mass is 35.5. The van der Waals surface area contributed by atoms with E-state index in [9.17, 15) is 0 Å². The number of halogens is 1. The van der Waals surface area contributed by atoms with E-state index in [0.29, 0.717) is 6.04 Å². The summed E-state index contributed by atoms with van der Waals surface area (Å²) < 4.78 is 7.93. The normalized spacial score (nSPS) is 18.7. The Labute approximate surface area is 149 Å². The number of hydrogen-bond donors (Lipinski definition) is 0. The van der Waals surface area contributed by atoms with Gasteiger partial charge in [-0.15, -0.1) is 0 Å². The smallest absolute Gasteiger partial charge is 0.124 e. The Bertz CT molecular complexity index is 670. The van der Waals surface area contributed by atoms with Crippen LogP contribution in [0, 0.1) is 0 Å². The Morgan fingerprint density at radius 1 is 1.29 bits per heavy atom. The summed E-state index contributed by atoms with van der Waals surface area (Å²) in [6, 6.07) is 6.55. The molecule has 0 spiro atoms. The third-order valence-electron chi connectivity index (χ3n) is 4.81. The van der Waals surface area contributed by atoms with Crippen LogP contribution < -0.4 is 4.74 Å². The van der Waals surface area contributed by atoms with E-state index in [0.717, 1.165) is 35.8 Å². The summed E-state index contributed by atoms with van der Waals surface area (Å²) in [7, 11) is 4.15. The number of hydrogen-bond acceptors (Lipinski definition) is 3. The lowest BCUT2D eigenvalue weighted by atomic mass is 10.0. The van der Waals surface area contributed by atoms with Crippen molar-refractivity contribution in [3.8, 4) is 5.75 Å². The largest absolute Gasteiger partial charge is 0.493 e. The van der Waals surface area contributed by atoms with Gasteiger partial charge in [0.05, 0.1) is 12.8 Å². The van der Waals surface area contributed by atoms with Crippen LogP contribution in [0.1, 0.15) is 36.8 Å². The van der Waals surface area contributed by atoms with Crippen molar-refractivity contribution in [1.29, 1.82) is 0 Å². The molecule has 0 N–H and O–H groups in total. The third kappa shape index (κ3) is 4.52. The lowest BCUT2D eigenvalue weighted by molar-refractivity contribution is 0.153. The second kappa shape index (κ2) is 8.04. The Balaban J connectivity index is 1.62. The fourth-order valence-corrected chi connectivity index (χ4v) is 3.57. The van der Waals surface area contributed by atoms with Crippen molar-refractivity contribution in [3.63, 3.8) is 0 Å². The van der Waals surface area contributed by atoms with Crippen LogP contribution >= 0.6 is 11.6 Å². The molecule has 2 heterocycles. The zero-order valence-electron chi connectivity index (χ0n) is 14.5. The van der Waals surface area contributed by atoms with Crippen molar-refractivity contribution < 1.29 is 4.74 Å². The van der Waals surface area contributed by atoms with Gasteiger partial charge >= 0.3 is 0 Å². The number of likely N-dealkylation sites (tertiary alicyclic amines) is 1. The van der Waals surface area contributed by atoms with Gasteiger partial charge in [0.15, 0.2) is 0 Å². The Morgan fingerprint density at radius 3 is 2.92 bits per heavy atom. The molecule has 1 fully saturated rings. The molecular weight excluding hydrogens is 322 g/mol. The summed E-state index contributed by atoms with van der Waals surface area (Å²) in [5.41, 5.74) is 2.33. The lowest BCUT2D eigenvalue weighted by Crippen LogP contribution is -2.37. The first-order valence-corrected chi connectivity index (χ1v) is 9.08. The van der Waals surface area contributed by atoms with E-state index in [2.05, 4.69) is 23.1 Å². The molecule has 5 heteroatoms. The number of aryl methyl sites for hydroxylation is 1. The van der Waals surface area contributed by atoms with Crippen molar-refractivity contribution in [2.45, 2.75) is 38.1 Å². The van der Waals surface area contributed by atoms with Gasteiger partial charge in [0.25, 0.3) is 0 Å². The quantitative estimate of drug-likeness (QED) is 0.793. The van der Waals surface area contributed by atoms with E-state index in [1.165, 1.54) is 31.4 Å². The average molecular weight is 348 g/mol. The van der Waals surface area contributed by atoms with Crippen molar-refractivity contribution in [2.75, 3.05) is 20.2 Å². The van der Waals surface area contributed by atoms with Gasteiger partial charge in [0.2, 0.25) is 0 Å². The molecule has 0 saturated carbocycles. The molecule has 130 valence electrons. The van der Waals surface area contributed by atoms with Crippen LogP contribution in [0.15, 0.2) is 30.6 Å². The Kier molecular flexibility index (Phi) is 5.80. The maximum atomic E-state index is 6.17. The second-order valence-electron chi connectivity index (χ2n) is 6.72. The summed E-state index contributed by atoms with van der Waals surface area (Å²) >= 11 is 6.17. The van der Waals surface area contributed by atoms with E-state index >= 15 is 0 Å². The van der Waals surface area contributed by atoms with Crippen LogP contribution in [-0.2, 0) is 13.5 Å². The first-order valence-electron chi connectivity index (χ1n) is 8.71. The predicted octanol–water partition coefficient (Wildman–Crippen LogP) is 3.92. The zero-order chi connectivity index (χ0) is 16.9. The van der Waals surface area contributed by atoms with Crippen molar-refractivity contribution in [1.82, 2.24) is 14.7 Å². The van der Waals surface area contributed by atoms with Gasteiger partial charge in [-0.1, -0.05) is 24.1 Å². The average Bonchev–Trinajstić information content (AvgIpc) is 2.97. The van der Waals surface area contributed by atoms with E-state index in [1.54, 1.807) is 0 Å². The molecule has 4 nitrogen and oxygen atoms in total. The first kappa shape index (κ1) is 17.3. The molecule has 0 aliphatic carbocycles. The fourth-order valence-electron chi connectivity index (χ4n) is 3.41. The number of ether oxygens (including phenoxy) is 1. The van der Waals surface area contributed by atoms with Gasteiger partial charge in [0.1, 0.15) is 5.75 Å². The lowest BCUT2D eigenvalue weighted by Gasteiger charge is -2.32. The number of nitrogens with zero attached hydrogens (tertiary/aromatic N) is 3. The highest BCUT2D eigenvalue weighted by molar-refractivity contribution is 6.30. The highest BCUT2D eigenvalue weighted by Gasteiger charge is 2.18. The maximum absolute atomic E-state index is 6.17. The molecule has 1 aliphatic heterocycles. The summed E-state index contributed by atoms with van der Waals surface area (Å²) in [5, 5.41) is 4.95. The minimum Gasteiger partial charge on any atom is -0.493 e. The third-order valence-corrected chi connectivity index (χ3v) is 5.05. The first-order chi connectivity index (χ1) is 11.6. The van der Waals surface area contributed by atoms with Gasteiger partial charge in [-0.3, -0.25) is 4.68 Å². The molecule has 1 unspecified atom stereocenters. The predicted molar refractivity (Wildman–Crippen MR) is 97.8 cm³/mol. The van der Waals surface area contributed by atoms with E-state index < -0.39 is 0 Å². The van der Waals surface area contributed by atoms with Gasteiger partial charge in [-0.2, -0.15) is 5.10 Å². The summed E-state index contributed by atoms with van der Waals surface area (Å²) in [4.78, 5) is 2.46. The molecule has 1 aliphatic rings. The maximum Gasteiger partial charge on any atom is 0.124 e. The Morgan fingerprint density at radius 2 is 2.17 bits per heavy atom. The van der Waals surface area contributed by atoms with Crippen LogP contribution in [0.2, 0.25) is 5.02 Å². The monoisotopic (exact) mass is 347 g/mol. The SMILES string of the molecule is CN1CCCCC1CCOc1cc(Cl)ccc1Cc1cnn(C)c1. The minimum absolute atomic E-state index is 0.639. The highest BCUT2D eigenvalue weighted by Crippen LogP contribution is 2.26. The molecule has 3 rings (SSSR count). The van der Waals surface area contributed by atoms with Crippen molar-refractivity contribution in [3.05, 3.63) is 46.7 Å². The summed E-state index contributed by atoms with van der Waals surface area (Å²) in [6.07, 6.45) is 9.73. The van der Waals surface area contributed by atoms with Crippen LogP contribution in [0.5, 0.6) is 5.75 Å². The van der Waals surface area contributed by atoms with Crippen LogP contribution in [0.4, 0.5) is 0 Å². The van der Waals surface area contributed by atoms with Crippen LogP contribution in [0.3, 0.4) is 0 Å².